The summed E-state index contributed by atoms with van der Waals surface area (Å²) in [6.45, 7) is 0. The Kier molecular flexibility index (Phi) is 6.01. The molecule has 0 radical (unpaired) electrons. The summed E-state index contributed by atoms with van der Waals surface area (Å²) in [7, 11) is 5.17. The van der Waals surface area contributed by atoms with E-state index in [4.69, 9.17) is 18.9 Å². The molecule has 0 N–H and O–H groups in total. The standard InChI is InChI=1S/C16H12N4O4/c1-21-13-11(9(5-17)6-18)15(23-3)16(24-4)12(14(13)22-2)10(7-19)8-20/h1-4H3. The summed E-state index contributed by atoms with van der Waals surface area (Å²) < 4.78 is 21.0. The van der Waals surface area contributed by atoms with Crippen molar-refractivity contribution in [3.05, 3.63) is 10.4 Å². The lowest BCUT2D eigenvalue weighted by atomic mass is 10.1. The molecule has 0 bridgehead atoms. The Bertz CT molecular complexity index is 803. The Morgan fingerprint density at radius 2 is 0.750 bits per heavy atom. The zero-order valence-electron chi connectivity index (χ0n) is 13.4. The van der Waals surface area contributed by atoms with E-state index in [1.165, 1.54) is 28.4 Å². The maximum Gasteiger partial charge on any atom is 0.174 e. The summed E-state index contributed by atoms with van der Waals surface area (Å²) in [6.07, 6.45) is 0. The highest BCUT2D eigenvalue weighted by molar-refractivity contribution is 5.82. The van der Waals surface area contributed by atoms with Crippen LogP contribution >= 0.6 is 0 Å². The fraction of sp³-hybridized carbons (Fsp3) is 0.250. The molecule has 0 fully saturated rings. The van der Waals surface area contributed by atoms with Gasteiger partial charge in [0.05, 0.1) is 38.9 Å². The molecule has 0 atom stereocenters. The highest BCUT2D eigenvalue weighted by atomic mass is 16.5. The van der Waals surface area contributed by atoms with Crippen molar-refractivity contribution in [2.24, 2.45) is 0 Å². The Balaban J connectivity index is 4.59. The van der Waals surface area contributed by atoms with Crippen LogP contribution < -0.4 is 29.4 Å². The first-order valence-corrected chi connectivity index (χ1v) is 6.34. The largest absolute Gasteiger partial charge is 0.492 e. The third-order valence-corrected chi connectivity index (χ3v) is 3.08. The molecule has 1 aromatic carbocycles. The van der Waals surface area contributed by atoms with Gasteiger partial charge in [-0.15, -0.1) is 0 Å². The molecule has 0 amide bonds. The van der Waals surface area contributed by atoms with Gasteiger partial charge in [-0.05, 0) is 0 Å². The summed E-state index contributed by atoms with van der Waals surface area (Å²) in [5.41, 5.74) is -0.607. The molecule has 0 unspecified atom stereocenters. The molecule has 0 saturated heterocycles. The van der Waals surface area contributed by atoms with Crippen molar-refractivity contribution in [1.29, 1.82) is 21.0 Å². The monoisotopic (exact) mass is 324 g/mol. The van der Waals surface area contributed by atoms with Gasteiger partial charge in [-0.3, -0.25) is 0 Å². The van der Waals surface area contributed by atoms with E-state index < -0.39 is 0 Å². The Hall–Kier alpha value is -3.88. The summed E-state index contributed by atoms with van der Waals surface area (Å²) in [5.74, 6) is -0.0880. The number of benzene rings is 1. The second-order valence-electron chi connectivity index (χ2n) is 4.08. The molecule has 8 nitrogen and oxygen atoms in total. The number of nitriles is 4. The molecule has 8 heteroatoms. The smallest absolute Gasteiger partial charge is 0.174 e. The summed E-state index contributed by atoms with van der Waals surface area (Å²) >= 11 is 0. The number of hydrogen-bond acceptors (Lipinski definition) is 8. The van der Waals surface area contributed by atoms with Crippen LogP contribution in [0, 0.1) is 45.3 Å². The molecule has 0 aliphatic carbocycles. The zero-order chi connectivity index (χ0) is 18.3. The van der Waals surface area contributed by atoms with Gasteiger partial charge < -0.3 is 18.9 Å². The van der Waals surface area contributed by atoms with Crippen molar-refractivity contribution >= 4 is 11.1 Å². The number of ether oxygens (including phenoxy) is 4. The van der Waals surface area contributed by atoms with Crippen molar-refractivity contribution in [1.82, 2.24) is 0 Å². The lowest BCUT2D eigenvalue weighted by Crippen LogP contribution is -2.24. The SMILES string of the molecule is COc1c(OC)c(=C(C#N)C#N)c(OC)c(OC)c1=C(C#N)C#N. The van der Waals surface area contributed by atoms with Crippen LogP contribution in [0.3, 0.4) is 0 Å². The molecule has 24 heavy (non-hydrogen) atoms. The van der Waals surface area contributed by atoms with Crippen LogP contribution in [-0.2, 0) is 0 Å². The molecule has 0 aliphatic rings. The highest BCUT2D eigenvalue weighted by Gasteiger charge is 2.24. The molecule has 0 heterocycles. The van der Waals surface area contributed by atoms with Crippen molar-refractivity contribution in [3.8, 4) is 47.3 Å². The summed E-state index contributed by atoms with van der Waals surface area (Å²) in [4.78, 5) is 0. The van der Waals surface area contributed by atoms with E-state index in [9.17, 15) is 21.0 Å². The van der Waals surface area contributed by atoms with Crippen molar-refractivity contribution < 1.29 is 18.9 Å². The van der Waals surface area contributed by atoms with Gasteiger partial charge in [0.15, 0.2) is 23.0 Å². The van der Waals surface area contributed by atoms with E-state index in [-0.39, 0.29) is 44.6 Å². The number of rotatable bonds is 4. The van der Waals surface area contributed by atoms with Crippen molar-refractivity contribution in [3.63, 3.8) is 0 Å². The second kappa shape index (κ2) is 7.94. The average Bonchev–Trinajstić information content (AvgIpc) is 2.62. The molecule has 1 rings (SSSR count). The van der Waals surface area contributed by atoms with Crippen molar-refractivity contribution in [2.75, 3.05) is 28.4 Å². The lowest BCUT2D eigenvalue weighted by molar-refractivity contribution is 0.320. The van der Waals surface area contributed by atoms with E-state index >= 15 is 0 Å². The predicted octanol–water partition coefficient (Wildman–Crippen LogP) is 0.117. The maximum absolute atomic E-state index is 9.21. The third-order valence-electron chi connectivity index (χ3n) is 3.08. The minimum Gasteiger partial charge on any atom is -0.492 e. The van der Waals surface area contributed by atoms with Gasteiger partial charge in [0.25, 0.3) is 0 Å². The van der Waals surface area contributed by atoms with E-state index in [0.29, 0.717) is 0 Å². The fourth-order valence-electron chi connectivity index (χ4n) is 2.17. The summed E-state index contributed by atoms with van der Waals surface area (Å²) in [5, 5.41) is 36.8. The number of nitrogens with zero attached hydrogens (tertiary/aromatic N) is 4. The van der Waals surface area contributed by atoms with Gasteiger partial charge in [-0.1, -0.05) is 0 Å². The zero-order valence-corrected chi connectivity index (χ0v) is 13.4. The normalized spacial score (nSPS) is 8.67. The quantitative estimate of drug-likeness (QED) is 0.762. The minimum atomic E-state index is -0.303. The molecule has 0 spiro atoms. The highest BCUT2D eigenvalue weighted by Crippen LogP contribution is 2.31. The van der Waals surface area contributed by atoms with Crippen LogP contribution in [0.25, 0.3) is 11.1 Å². The first-order valence-electron chi connectivity index (χ1n) is 6.34. The molecule has 0 aromatic heterocycles. The first kappa shape index (κ1) is 18.2. The predicted molar refractivity (Wildman–Crippen MR) is 81.2 cm³/mol. The minimum absolute atomic E-state index is 0.0117. The van der Waals surface area contributed by atoms with Crippen LogP contribution in [0.5, 0.6) is 23.0 Å². The van der Waals surface area contributed by atoms with E-state index in [0.717, 1.165) is 0 Å². The van der Waals surface area contributed by atoms with Gasteiger partial charge in [0.2, 0.25) is 0 Å². The lowest BCUT2D eigenvalue weighted by Gasteiger charge is -2.16. The van der Waals surface area contributed by atoms with E-state index in [1.807, 2.05) is 0 Å². The molecular weight excluding hydrogens is 312 g/mol. The van der Waals surface area contributed by atoms with E-state index in [1.54, 1.807) is 24.3 Å². The first-order chi connectivity index (χ1) is 11.6. The van der Waals surface area contributed by atoms with Gasteiger partial charge in [-0.25, -0.2) is 0 Å². The average molecular weight is 324 g/mol. The summed E-state index contributed by atoms with van der Waals surface area (Å²) in [6, 6.07) is 6.98. The fourth-order valence-corrected chi connectivity index (χ4v) is 2.17. The number of hydrogen-bond donors (Lipinski definition) is 0. The van der Waals surface area contributed by atoms with E-state index in [2.05, 4.69) is 0 Å². The van der Waals surface area contributed by atoms with Crippen LogP contribution in [0.4, 0.5) is 0 Å². The van der Waals surface area contributed by atoms with Gasteiger partial charge in [0.1, 0.15) is 35.4 Å². The topological polar surface area (TPSA) is 132 Å². The van der Waals surface area contributed by atoms with Crippen LogP contribution in [0.1, 0.15) is 0 Å². The van der Waals surface area contributed by atoms with Crippen LogP contribution in [0.15, 0.2) is 0 Å². The molecule has 1 aromatic rings. The second-order valence-corrected chi connectivity index (χ2v) is 4.08. The van der Waals surface area contributed by atoms with Gasteiger partial charge in [0, 0.05) is 0 Å². The van der Waals surface area contributed by atoms with Crippen molar-refractivity contribution in [2.45, 2.75) is 0 Å². The molecule has 0 saturated carbocycles. The van der Waals surface area contributed by atoms with Gasteiger partial charge in [-0.2, -0.15) is 21.0 Å². The molecular formula is C16H12N4O4. The molecule has 0 aliphatic heterocycles. The third kappa shape index (κ3) is 2.73. The van der Waals surface area contributed by atoms with Crippen LogP contribution in [0.2, 0.25) is 0 Å². The molecule has 120 valence electrons. The Morgan fingerprint density at radius 3 is 0.875 bits per heavy atom. The Morgan fingerprint density at radius 1 is 0.542 bits per heavy atom. The van der Waals surface area contributed by atoms with Crippen LogP contribution in [-0.4, -0.2) is 28.4 Å². The Labute approximate surface area is 138 Å². The maximum atomic E-state index is 9.21. The van der Waals surface area contributed by atoms with Gasteiger partial charge >= 0.3 is 0 Å². The number of methoxy groups -OCH3 is 4.